The molecule has 0 aliphatic rings. The highest BCUT2D eigenvalue weighted by Gasteiger charge is 2.06. The van der Waals surface area contributed by atoms with E-state index in [0.29, 0.717) is 17.1 Å². The van der Waals surface area contributed by atoms with Crippen LogP contribution in [0.1, 0.15) is 0 Å². The highest BCUT2D eigenvalue weighted by atomic mass is 35.5. The number of anilines is 2. The highest BCUT2D eigenvalue weighted by molar-refractivity contribution is 6.30. The van der Waals surface area contributed by atoms with Crippen molar-refractivity contribution in [2.24, 2.45) is 0 Å². The van der Waals surface area contributed by atoms with Crippen LogP contribution in [0.3, 0.4) is 0 Å². The zero-order valence-electron chi connectivity index (χ0n) is 10.4. The molecule has 0 aliphatic carbocycles. The molecule has 0 unspecified atom stereocenters. The van der Waals surface area contributed by atoms with Crippen molar-refractivity contribution in [2.75, 3.05) is 17.7 Å². The van der Waals surface area contributed by atoms with Gasteiger partial charge < -0.3 is 15.8 Å². The lowest BCUT2D eigenvalue weighted by molar-refractivity contribution is -0.118. The van der Waals surface area contributed by atoms with E-state index in [2.05, 4.69) is 5.32 Å². The van der Waals surface area contributed by atoms with E-state index in [1.165, 1.54) is 18.2 Å². The largest absolute Gasteiger partial charge is 0.484 e. The quantitative estimate of drug-likeness (QED) is 0.852. The van der Waals surface area contributed by atoms with E-state index in [0.717, 1.165) is 0 Å². The minimum atomic E-state index is -0.539. The predicted octanol–water partition coefficient (Wildman–Crippen LogP) is 3.08. The number of nitrogens with one attached hydrogen (secondary N) is 1. The third-order valence-corrected chi connectivity index (χ3v) is 2.72. The summed E-state index contributed by atoms with van der Waals surface area (Å²) in [5.74, 6) is -0.571. The monoisotopic (exact) mass is 294 g/mol. The Morgan fingerprint density at radius 1 is 1.30 bits per heavy atom. The molecule has 1 amide bonds. The summed E-state index contributed by atoms with van der Waals surface area (Å²) in [6, 6.07) is 10.7. The van der Waals surface area contributed by atoms with Crippen molar-refractivity contribution in [3.63, 3.8) is 0 Å². The van der Waals surface area contributed by atoms with Gasteiger partial charge in [0.1, 0.15) is 11.6 Å². The molecule has 6 heteroatoms. The third-order valence-electron chi connectivity index (χ3n) is 2.43. The predicted molar refractivity (Wildman–Crippen MR) is 76.4 cm³/mol. The molecule has 0 fully saturated rings. The maximum absolute atomic E-state index is 12.9. The van der Waals surface area contributed by atoms with Crippen LogP contribution in [0.25, 0.3) is 0 Å². The summed E-state index contributed by atoms with van der Waals surface area (Å²) in [5, 5.41) is 2.57. The Hall–Kier alpha value is -2.27. The molecule has 0 aromatic heterocycles. The maximum atomic E-state index is 12.9. The van der Waals surface area contributed by atoms with Gasteiger partial charge in [-0.3, -0.25) is 4.79 Å². The minimum absolute atomic E-state index is 0.0567. The summed E-state index contributed by atoms with van der Waals surface area (Å²) in [7, 11) is 0. The van der Waals surface area contributed by atoms with Gasteiger partial charge in [0, 0.05) is 17.4 Å². The fourth-order valence-electron chi connectivity index (χ4n) is 1.53. The minimum Gasteiger partial charge on any atom is -0.484 e. The van der Waals surface area contributed by atoms with Crippen molar-refractivity contribution in [2.45, 2.75) is 0 Å². The number of carbonyl (C=O) groups is 1. The standard InChI is InChI=1S/C14H12ClFN2O2/c15-12-7-11(4-5-13(12)16)20-8-14(19)18-10-3-1-2-9(17)6-10/h1-7H,8,17H2,(H,18,19). The average molecular weight is 295 g/mol. The molecule has 2 aromatic rings. The molecule has 0 heterocycles. The van der Waals surface area contributed by atoms with E-state index in [-0.39, 0.29) is 17.5 Å². The van der Waals surface area contributed by atoms with Crippen LogP contribution in [-0.4, -0.2) is 12.5 Å². The number of benzene rings is 2. The average Bonchev–Trinajstić information content (AvgIpc) is 2.40. The van der Waals surface area contributed by atoms with Gasteiger partial charge in [-0.25, -0.2) is 4.39 Å². The van der Waals surface area contributed by atoms with Crippen LogP contribution < -0.4 is 15.8 Å². The molecule has 104 valence electrons. The zero-order chi connectivity index (χ0) is 14.5. The van der Waals surface area contributed by atoms with Gasteiger partial charge in [0.2, 0.25) is 0 Å². The van der Waals surface area contributed by atoms with Crippen molar-refractivity contribution in [3.8, 4) is 5.75 Å². The van der Waals surface area contributed by atoms with Crippen molar-refractivity contribution in [1.82, 2.24) is 0 Å². The maximum Gasteiger partial charge on any atom is 0.262 e. The first kappa shape index (κ1) is 14.1. The second kappa shape index (κ2) is 6.25. The van der Waals surface area contributed by atoms with Gasteiger partial charge in [0.25, 0.3) is 5.91 Å². The number of hydrogen-bond acceptors (Lipinski definition) is 3. The first-order valence-corrected chi connectivity index (χ1v) is 6.15. The summed E-state index contributed by atoms with van der Waals surface area (Å²) in [5.41, 5.74) is 6.73. The second-order valence-corrected chi connectivity index (χ2v) is 4.45. The number of nitrogen functional groups attached to an aromatic ring is 1. The van der Waals surface area contributed by atoms with Crippen LogP contribution in [0.5, 0.6) is 5.75 Å². The summed E-state index contributed by atoms with van der Waals surface area (Å²) in [6.45, 7) is -0.212. The van der Waals surface area contributed by atoms with Gasteiger partial charge in [-0.15, -0.1) is 0 Å². The zero-order valence-corrected chi connectivity index (χ0v) is 11.2. The number of carbonyl (C=O) groups excluding carboxylic acids is 1. The Morgan fingerprint density at radius 3 is 2.80 bits per heavy atom. The molecule has 0 bridgehead atoms. The lowest BCUT2D eigenvalue weighted by atomic mass is 10.3. The van der Waals surface area contributed by atoms with Gasteiger partial charge in [0.15, 0.2) is 6.61 Å². The molecular formula is C14H12ClFN2O2. The Labute approximate surface area is 120 Å². The molecule has 0 atom stereocenters. The van der Waals surface area contributed by atoms with Crippen LogP contribution in [0, 0.1) is 5.82 Å². The molecule has 2 rings (SSSR count). The van der Waals surface area contributed by atoms with E-state index in [4.69, 9.17) is 22.1 Å². The molecule has 0 saturated heterocycles. The Kier molecular flexibility index (Phi) is 4.42. The van der Waals surface area contributed by atoms with E-state index in [1.54, 1.807) is 24.3 Å². The van der Waals surface area contributed by atoms with Crippen LogP contribution in [-0.2, 0) is 4.79 Å². The number of nitrogens with two attached hydrogens (primary N) is 1. The normalized spacial score (nSPS) is 10.1. The molecule has 3 N–H and O–H groups in total. The van der Waals surface area contributed by atoms with Crippen molar-refractivity contribution < 1.29 is 13.9 Å². The fraction of sp³-hybridized carbons (Fsp3) is 0.0714. The molecule has 0 aliphatic heterocycles. The topological polar surface area (TPSA) is 64.3 Å². The van der Waals surface area contributed by atoms with Crippen molar-refractivity contribution in [1.29, 1.82) is 0 Å². The molecule has 4 nitrogen and oxygen atoms in total. The first-order valence-electron chi connectivity index (χ1n) is 5.78. The third kappa shape index (κ3) is 3.86. The Balaban J connectivity index is 1.90. The lowest BCUT2D eigenvalue weighted by Gasteiger charge is -2.08. The smallest absolute Gasteiger partial charge is 0.262 e. The van der Waals surface area contributed by atoms with E-state index < -0.39 is 5.82 Å². The number of rotatable bonds is 4. The number of ether oxygens (including phenoxy) is 1. The molecule has 0 spiro atoms. The van der Waals surface area contributed by atoms with E-state index in [9.17, 15) is 9.18 Å². The van der Waals surface area contributed by atoms with Crippen LogP contribution in [0.15, 0.2) is 42.5 Å². The van der Waals surface area contributed by atoms with Crippen molar-refractivity contribution >= 4 is 28.9 Å². The summed E-state index contributed by atoms with van der Waals surface area (Å²) in [4.78, 5) is 11.7. The summed E-state index contributed by atoms with van der Waals surface area (Å²) >= 11 is 5.61. The SMILES string of the molecule is Nc1cccc(NC(=O)COc2ccc(F)c(Cl)c2)c1. The highest BCUT2D eigenvalue weighted by Crippen LogP contribution is 2.21. The Bertz CT molecular complexity index is 634. The summed E-state index contributed by atoms with van der Waals surface area (Å²) in [6.07, 6.45) is 0. The van der Waals surface area contributed by atoms with Crippen LogP contribution in [0.4, 0.5) is 15.8 Å². The van der Waals surface area contributed by atoms with Gasteiger partial charge >= 0.3 is 0 Å². The second-order valence-electron chi connectivity index (χ2n) is 4.04. The van der Waals surface area contributed by atoms with E-state index >= 15 is 0 Å². The molecule has 0 radical (unpaired) electrons. The summed E-state index contributed by atoms with van der Waals surface area (Å²) < 4.78 is 18.2. The number of halogens is 2. The molecule has 0 saturated carbocycles. The molecule has 20 heavy (non-hydrogen) atoms. The van der Waals surface area contributed by atoms with Crippen LogP contribution in [0.2, 0.25) is 5.02 Å². The molecular weight excluding hydrogens is 283 g/mol. The fourth-order valence-corrected chi connectivity index (χ4v) is 1.70. The number of hydrogen-bond donors (Lipinski definition) is 2. The van der Waals surface area contributed by atoms with Gasteiger partial charge in [-0.05, 0) is 30.3 Å². The van der Waals surface area contributed by atoms with E-state index in [1.807, 2.05) is 0 Å². The van der Waals surface area contributed by atoms with Gasteiger partial charge in [0.05, 0.1) is 5.02 Å². The lowest BCUT2D eigenvalue weighted by Crippen LogP contribution is -2.20. The van der Waals surface area contributed by atoms with Crippen LogP contribution >= 0.6 is 11.6 Å². The van der Waals surface area contributed by atoms with Gasteiger partial charge in [-0.2, -0.15) is 0 Å². The number of amides is 1. The van der Waals surface area contributed by atoms with Gasteiger partial charge in [-0.1, -0.05) is 17.7 Å². The molecule has 2 aromatic carbocycles. The first-order chi connectivity index (χ1) is 9.54. The van der Waals surface area contributed by atoms with Crippen molar-refractivity contribution in [3.05, 3.63) is 53.3 Å². The Morgan fingerprint density at radius 2 is 2.10 bits per heavy atom.